The van der Waals surface area contributed by atoms with Crippen molar-refractivity contribution in [1.29, 1.82) is 0 Å². The van der Waals surface area contributed by atoms with Crippen molar-refractivity contribution in [2.45, 2.75) is 6.92 Å². The number of rotatable bonds is 1. The predicted octanol–water partition coefficient (Wildman–Crippen LogP) is 7.88. The van der Waals surface area contributed by atoms with Crippen LogP contribution in [0.3, 0.4) is 0 Å². The van der Waals surface area contributed by atoms with Gasteiger partial charge in [-0.2, -0.15) is 0 Å². The Morgan fingerprint density at radius 3 is 1.61 bits per heavy atom. The summed E-state index contributed by atoms with van der Waals surface area (Å²) in [5.74, 6) is 0. The lowest BCUT2D eigenvalue weighted by Gasteiger charge is -2.15. The highest BCUT2D eigenvalue weighted by Crippen LogP contribution is 2.46. The minimum absolute atomic E-state index is 1.26. The third-order valence-corrected chi connectivity index (χ3v) is 6.33. The Morgan fingerprint density at radius 2 is 1.00 bits per heavy atom. The minimum Gasteiger partial charge on any atom is -0.0616 e. The third kappa shape index (κ3) is 2.92. The van der Waals surface area contributed by atoms with E-state index in [1.54, 1.807) is 0 Å². The predicted molar refractivity (Wildman–Crippen MR) is 132 cm³/mol. The highest BCUT2D eigenvalue weighted by molar-refractivity contribution is 6.14. The lowest BCUT2D eigenvalue weighted by molar-refractivity contribution is 1.45. The summed E-state index contributed by atoms with van der Waals surface area (Å²) in [4.78, 5) is 0. The van der Waals surface area contributed by atoms with E-state index in [1.165, 1.54) is 61.2 Å². The SMILES string of the molecule is Cc1ccc(C2=CC(=C3c4ccccc4C=Cc4ccccc43)c3ccccc32)cc1. The van der Waals surface area contributed by atoms with Crippen molar-refractivity contribution in [1.82, 2.24) is 0 Å². The summed E-state index contributed by atoms with van der Waals surface area (Å²) in [6, 6.07) is 35.2. The maximum atomic E-state index is 2.39. The fraction of sp³-hybridized carbons (Fsp3) is 0.0323. The molecule has 146 valence electrons. The van der Waals surface area contributed by atoms with Gasteiger partial charge in [-0.05, 0) is 68.7 Å². The number of fused-ring (bicyclic) bond motifs is 3. The molecular weight excluding hydrogens is 372 g/mol. The monoisotopic (exact) mass is 394 g/mol. The first-order valence-corrected chi connectivity index (χ1v) is 10.8. The van der Waals surface area contributed by atoms with E-state index in [0.717, 1.165) is 0 Å². The van der Waals surface area contributed by atoms with Crippen LogP contribution in [0.4, 0.5) is 0 Å². The van der Waals surface area contributed by atoms with Crippen molar-refractivity contribution >= 4 is 28.9 Å². The number of hydrogen-bond acceptors (Lipinski definition) is 0. The van der Waals surface area contributed by atoms with Crippen molar-refractivity contribution < 1.29 is 0 Å². The van der Waals surface area contributed by atoms with Crippen molar-refractivity contribution in [2.24, 2.45) is 0 Å². The average Bonchev–Trinajstić information content (AvgIpc) is 3.10. The quantitative estimate of drug-likeness (QED) is 0.271. The molecule has 0 N–H and O–H groups in total. The summed E-state index contributed by atoms with van der Waals surface area (Å²) in [5.41, 5.74) is 14.2. The van der Waals surface area contributed by atoms with E-state index in [0.29, 0.717) is 0 Å². The van der Waals surface area contributed by atoms with Crippen molar-refractivity contribution in [3.63, 3.8) is 0 Å². The van der Waals surface area contributed by atoms with Gasteiger partial charge in [0.1, 0.15) is 0 Å². The van der Waals surface area contributed by atoms with Crippen LogP contribution < -0.4 is 0 Å². The maximum Gasteiger partial charge on any atom is -0.00204 e. The molecule has 0 spiro atoms. The molecule has 0 aliphatic heterocycles. The van der Waals surface area contributed by atoms with Crippen molar-refractivity contribution in [3.05, 3.63) is 148 Å². The average molecular weight is 395 g/mol. The number of hydrogen-bond donors (Lipinski definition) is 0. The molecule has 6 rings (SSSR count). The van der Waals surface area contributed by atoms with Gasteiger partial charge < -0.3 is 0 Å². The summed E-state index contributed by atoms with van der Waals surface area (Å²) < 4.78 is 0. The molecule has 0 radical (unpaired) electrons. The maximum absolute atomic E-state index is 2.39. The molecule has 4 aromatic rings. The van der Waals surface area contributed by atoms with E-state index in [4.69, 9.17) is 0 Å². The van der Waals surface area contributed by atoms with Gasteiger partial charge in [0.2, 0.25) is 0 Å². The second kappa shape index (κ2) is 7.11. The fourth-order valence-corrected chi connectivity index (χ4v) is 4.79. The summed E-state index contributed by atoms with van der Waals surface area (Å²) in [7, 11) is 0. The van der Waals surface area contributed by atoms with Crippen molar-refractivity contribution in [2.75, 3.05) is 0 Å². The lowest BCUT2D eigenvalue weighted by Crippen LogP contribution is -1.95. The van der Waals surface area contributed by atoms with Crippen LogP contribution in [-0.2, 0) is 0 Å². The molecular formula is C31H22. The fourth-order valence-electron chi connectivity index (χ4n) is 4.79. The summed E-state index contributed by atoms with van der Waals surface area (Å²) in [6.45, 7) is 2.14. The van der Waals surface area contributed by atoms with Crippen LogP contribution in [0, 0.1) is 6.92 Å². The van der Waals surface area contributed by atoms with Gasteiger partial charge >= 0.3 is 0 Å². The zero-order valence-electron chi connectivity index (χ0n) is 17.5. The topological polar surface area (TPSA) is 0 Å². The molecule has 0 heterocycles. The van der Waals surface area contributed by atoms with Crippen LogP contribution in [-0.4, -0.2) is 0 Å². The molecule has 0 amide bonds. The Labute approximate surface area is 183 Å². The zero-order chi connectivity index (χ0) is 20.8. The minimum atomic E-state index is 1.26. The highest BCUT2D eigenvalue weighted by atomic mass is 14.3. The molecule has 0 aromatic heterocycles. The van der Waals surface area contributed by atoms with Gasteiger partial charge in [0.05, 0.1) is 0 Å². The number of allylic oxidation sites excluding steroid dienone is 2. The lowest BCUT2D eigenvalue weighted by atomic mass is 9.87. The molecule has 0 nitrogen and oxygen atoms in total. The Hall–Kier alpha value is -3.90. The van der Waals surface area contributed by atoms with E-state index < -0.39 is 0 Å². The molecule has 2 aliphatic carbocycles. The van der Waals surface area contributed by atoms with Crippen LogP contribution in [0.15, 0.2) is 103 Å². The Balaban J connectivity index is 1.71. The van der Waals surface area contributed by atoms with E-state index in [9.17, 15) is 0 Å². The number of aryl methyl sites for hydroxylation is 1. The standard InChI is InChI=1S/C31H22/c1-21-14-16-24(17-15-21)29-20-30(28-13-7-6-12-27(28)29)31-25-10-4-2-8-22(25)18-19-23-9-3-5-11-26(23)31/h2-20H,1H3. The van der Waals surface area contributed by atoms with E-state index in [2.05, 4.69) is 122 Å². The van der Waals surface area contributed by atoms with Crippen LogP contribution in [0.1, 0.15) is 44.5 Å². The molecule has 0 unspecified atom stereocenters. The molecule has 0 atom stereocenters. The summed E-state index contributed by atoms with van der Waals surface area (Å²) >= 11 is 0. The van der Waals surface area contributed by atoms with E-state index >= 15 is 0 Å². The molecule has 0 saturated heterocycles. The second-order valence-electron chi connectivity index (χ2n) is 8.27. The largest absolute Gasteiger partial charge is 0.0616 e. The molecule has 0 fully saturated rings. The Kier molecular flexibility index (Phi) is 4.11. The van der Waals surface area contributed by atoms with Gasteiger partial charge in [0.15, 0.2) is 0 Å². The molecule has 2 aliphatic rings. The number of benzene rings is 4. The van der Waals surface area contributed by atoms with Gasteiger partial charge in [0.25, 0.3) is 0 Å². The first kappa shape index (κ1) is 17.9. The zero-order valence-corrected chi connectivity index (χ0v) is 17.5. The normalized spacial score (nSPS) is 13.9. The third-order valence-electron chi connectivity index (χ3n) is 6.33. The first-order valence-electron chi connectivity index (χ1n) is 10.8. The molecule has 4 aromatic carbocycles. The van der Waals surface area contributed by atoms with Gasteiger partial charge in [-0.1, -0.05) is 115 Å². The van der Waals surface area contributed by atoms with Gasteiger partial charge in [0, 0.05) is 0 Å². The van der Waals surface area contributed by atoms with Crippen molar-refractivity contribution in [3.8, 4) is 0 Å². The van der Waals surface area contributed by atoms with Crippen LogP contribution in [0.2, 0.25) is 0 Å². The molecule has 31 heavy (non-hydrogen) atoms. The highest BCUT2D eigenvalue weighted by Gasteiger charge is 2.25. The molecule has 0 heteroatoms. The molecule has 0 saturated carbocycles. The van der Waals surface area contributed by atoms with E-state index in [-0.39, 0.29) is 0 Å². The first-order chi connectivity index (χ1) is 15.3. The molecule has 0 bridgehead atoms. The van der Waals surface area contributed by atoms with Gasteiger partial charge in [-0.25, -0.2) is 0 Å². The van der Waals surface area contributed by atoms with E-state index in [1.807, 2.05) is 0 Å². The second-order valence-corrected chi connectivity index (χ2v) is 8.27. The Bertz CT molecular complexity index is 1360. The van der Waals surface area contributed by atoms with Crippen LogP contribution >= 0.6 is 0 Å². The Morgan fingerprint density at radius 1 is 0.484 bits per heavy atom. The van der Waals surface area contributed by atoms with Gasteiger partial charge in [-0.3, -0.25) is 0 Å². The van der Waals surface area contributed by atoms with Crippen LogP contribution in [0.5, 0.6) is 0 Å². The smallest absolute Gasteiger partial charge is 0.00204 e. The summed E-state index contributed by atoms with van der Waals surface area (Å²) in [5, 5.41) is 0. The van der Waals surface area contributed by atoms with Gasteiger partial charge in [-0.15, -0.1) is 0 Å². The van der Waals surface area contributed by atoms with Crippen LogP contribution in [0.25, 0.3) is 28.9 Å². The summed E-state index contributed by atoms with van der Waals surface area (Å²) in [6.07, 6.45) is 6.88.